The first-order valence-electron chi connectivity index (χ1n) is 4.18. The van der Waals surface area contributed by atoms with E-state index in [4.69, 9.17) is 0 Å². The minimum Gasteiger partial charge on any atom is -0.472 e. The van der Waals surface area contributed by atoms with E-state index in [-0.39, 0.29) is 55.9 Å². The summed E-state index contributed by atoms with van der Waals surface area (Å²) < 4.78 is 0. The van der Waals surface area contributed by atoms with Crippen molar-refractivity contribution in [1.82, 2.24) is 0 Å². The van der Waals surface area contributed by atoms with E-state index >= 15 is 0 Å². The second-order valence-corrected chi connectivity index (χ2v) is 74.5. The normalized spacial score (nSPS) is 15.6. The van der Waals surface area contributed by atoms with Crippen LogP contribution in [0, 0.1) is 0 Å². The Labute approximate surface area is 152 Å². The van der Waals surface area contributed by atoms with Gasteiger partial charge in [0.25, 0.3) is 0 Å². The highest BCUT2D eigenvalue weighted by molar-refractivity contribution is 9.34. The van der Waals surface area contributed by atoms with E-state index in [1.165, 1.54) is 7.96 Å². The second kappa shape index (κ2) is 15.1. The van der Waals surface area contributed by atoms with Gasteiger partial charge in [-0.3, -0.25) is 8.93 Å². The van der Waals surface area contributed by atoms with Crippen LogP contribution in [0.5, 0.6) is 0 Å². The van der Waals surface area contributed by atoms with E-state index in [2.05, 4.69) is 89.3 Å². The maximum atomic E-state index is 3.23. The predicted molar refractivity (Wildman–Crippen MR) is 159 cm³/mol. The van der Waals surface area contributed by atoms with Crippen LogP contribution >= 0.6 is 153 Å². The molecule has 0 saturated carbocycles. The van der Waals surface area contributed by atoms with Gasteiger partial charge in [-0.05, 0) is 48.9 Å². The van der Waals surface area contributed by atoms with Crippen LogP contribution in [0.1, 0.15) is 0 Å². The third kappa shape index (κ3) is 10.5. The highest BCUT2D eigenvalue weighted by Crippen LogP contribution is 3.28. The van der Waals surface area contributed by atoms with Gasteiger partial charge in [-0.1, -0.05) is 0 Å². The monoisotopic (exact) mass is 609 g/mol. The molecule has 0 aromatic carbocycles. The first-order valence-corrected chi connectivity index (χ1v) is 37.6. The van der Waals surface area contributed by atoms with Gasteiger partial charge < -0.3 is 7.96 Å². The molecular weight excluding hydrogens is 589 g/mol. The van der Waals surface area contributed by atoms with Crippen molar-refractivity contribution in [2.45, 2.75) is 0 Å². The highest BCUT2D eigenvalue weighted by atomic mass is 33.4. The molecule has 11 unspecified atom stereocenters. The zero-order chi connectivity index (χ0) is 15.3. The molecule has 116 valence electrons. The predicted octanol–water partition coefficient (Wildman–Crippen LogP) is 11.0. The molecule has 19 heavy (non-hydrogen) atoms. The summed E-state index contributed by atoms with van der Waals surface area (Å²) in [6.45, 7) is 0.710. The van der Waals surface area contributed by atoms with Crippen molar-refractivity contribution in [3.8, 4) is 0 Å². The van der Waals surface area contributed by atoms with Gasteiger partial charge in [-0.2, -0.15) is 0 Å². The van der Waals surface area contributed by atoms with Gasteiger partial charge in [-0.25, -0.2) is 6.99 Å². The topological polar surface area (TPSA) is 0 Å². The van der Waals surface area contributed by atoms with Crippen LogP contribution in [0.4, 0.5) is 0 Å². The lowest BCUT2D eigenvalue weighted by Crippen LogP contribution is -1.55. The van der Waals surface area contributed by atoms with Crippen molar-refractivity contribution in [2.75, 3.05) is 0 Å². The first kappa shape index (κ1) is 27.2. The van der Waals surface area contributed by atoms with Crippen molar-refractivity contribution in [3.63, 3.8) is 0 Å². The highest BCUT2D eigenvalue weighted by Gasteiger charge is 2.37. The summed E-state index contributed by atoms with van der Waals surface area (Å²) in [5.74, 6) is 0. The minimum absolute atomic E-state index is 0.0403. The number of hydrogen-bond donors (Lipinski definition) is 0. The average Bonchev–Trinajstić information content (AvgIpc) is 2.24. The SMILES string of the molecule is P[P-]P(P)P(P(P(P)P)P(P)P)P(P(P)P)P(P)P. The van der Waals surface area contributed by atoms with Crippen molar-refractivity contribution in [1.29, 1.82) is 0 Å². The molecule has 0 rings (SSSR count). The number of rotatable bonds is 8. The fraction of sp³-hybridized carbons (Fsp3) is 0. The molecule has 0 aromatic rings. The second-order valence-electron chi connectivity index (χ2n) is 2.76. The summed E-state index contributed by atoms with van der Waals surface area (Å²) in [5.41, 5.74) is 0. The molecule has 19 heteroatoms. The molecule has 0 amide bonds. The van der Waals surface area contributed by atoms with Crippen LogP contribution in [0.25, 0.3) is 0 Å². The van der Waals surface area contributed by atoms with Crippen LogP contribution < -0.4 is 0 Å². The molecule has 0 nitrogen and oxygen atoms in total. The summed E-state index contributed by atoms with van der Waals surface area (Å²) in [7, 11) is 32.8. The Morgan fingerprint density at radius 3 is 0.895 bits per heavy atom. The zero-order valence-electron chi connectivity index (χ0n) is 9.80. The van der Waals surface area contributed by atoms with E-state index in [9.17, 15) is 0 Å². The molecule has 0 radical (unpaired) electrons. The molecule has 0 bridgehead atoms. The Bertz CT molecular complexity index is 188. The standard InChI is InChI=1S/H20P19/c1-11-16(10)19(17(12(2)3)13(4)5)18(14(6)7)15(8)9/h1-10H2/q-1. The maximum absolute atomic E-state index is 3.23. The average molecular weight is 609 g/mol. The van der Waals surface area contributed by atoms with Gasteiger partial charge in [0, 0.05) is 0 Å². The number of hydrogen-bond acceptors (Lipinski definition) is 0. The van der Waals surface area contributed by atoms with Crippen LogP contribution in [0.2, 0.25) is 0 Å². The largest absolute Gasteiger partial charge is 0.472 e. The summed E-state index contributed by atoms with van der Waals surface area (Å²) in [6, 6.07) is 0. The Balaban J connectivity index is 5.50. The lowest BCUT2D eigenvalue weighted by Gasteiger charge is -2.48. The van der Waals surface area contributed by atoms with E-state index in [1.54, 1.807) is 0 Å². The Hall–Kier alpha value is 8.17. The Morgan fingerprint density at radius 2 is 0.737 bits per heavy atom. The summed E-state index contributed by atoms with van der Waals surface area (Å²) in [4.78, 5) is 0. The molecule has 0 N–H and O–H groups in total. The maximum Gasteiger partial charge on any atom is -0.00777 e. The van der Waals surface area contributed by atoms with Gasteiger partial charge in [0.1, 0.15) is 0 Å². The fourth-order valence-electron chi connectivity index (χ4n) is 0.890. The van der Waals surface area contributed by atoms with Gasteiger partial charge in [0.2, 0.25) is 0 Å². The molecule has 0 heterocycles. The van der Waals surface area contributed by atoms with E-state index in [0.717, 1.165) is 0 Å². The summed E-state index contributed by atoms with van der Waals surface area (Å²) in [5, 5.41) is 0. The Morgan fingerprint density at radius 1 is 0.474 bits per heavy atom. The van der Waals surface area contributed by atoms with Crippen LogP contribution in [-0.4, -0.2) is 0 Å². The molecule has 0 fully saturated rings. The first-order chi connectivity index (χ1) is 8.64. The van der Waals surface area contributed by atoms with Gasteiger partial charge >= 0.3 is 0 Å². The summed E-state index contributed by atoms with van der Waals surface area (Å²) in [6.07, 6.45) is 0. The molecule has 0 aromatic heterocycles. The molecular formula is H20P19-. The molecule has 0 spiro atoms. The fourth-order valence-corrected chi connectivity index (χ4v) is 216. The third-order valence-electron chi connectivity index (χ3n) is 1.45. The molecule has 0 aliphatic heterocycles. The zero-order valence-corrected chi connectivity index (χ0v) is 29.4. The smallest absolute Gasteiger partial charge is 0.00777 e. The van der Waals surface area contributed by atoms with Gasteiger partial charge in [0.05, 0.1) is 0 Å². The van der Waals surface area contributed by atoms with Crippen molar-refractivity contribution in [2.24, 2.45) is 0 Å². The lowest BCUT2D eigenvalue weighted by atomic mass is 28.6. The van der Waals surface area contributed by atoms with Crippen LogP contribution in [0.15, 0.2) is 0 Å². The van der Waals surface area contributed by atoms with Crippen LogP contribution in [0.3, 0.4) is 0 Å². The lowest BCUT2D eigenvalue weighted by molar-refractivity contribution is 4.51. The van der Waals surface area contributed by atoms with Crippen molar-refractivity contribution < 1.29 is 0 Å². The Kier molecular flexibility index (Phi) is 21.5. The quantitative estimate of drug-likeness (QED) is 0.241. The molecule has 0 saturated heterocycles. The molecule has 0 aliphatic carbocycles. The van der Waals surface area contributed by atoms with E-state index < -0.39 is 0 Å². The van der Waals surface area contributed by atoms with Crippen molar-refractivity contribution >= 4 is 153 Å². The molecule has 11 atom stereocenters. The van der Waals surface area contributed by atoms with Gasteiger partial charge in [-0.15, -0.1) is 80.4 Å². The van der Waals surface area contributed by atoms with Crippen molar-refractivity contribution in [3.05, 3.63) is 0 Å². The van der Waals surface area contributed by atoms with Crippen LogP contribution in [-0.2, 0) is 0 Å². The van der Waals surface area contributed by atoms with E-state index in [0.29, 0.717) is 0 Å². The van der Waals surface area contributed by atoms with E-state index in [1.807, 2.05) is 0 Å². The third-order valence-corrected chi connectivity index (χ3v) is 117. The summed E-state index contributed by atoms with van der Waals surface area (Å²) >= 11 is 0. The molecule has 0 aliphatic rings. The van der Waals surface area contributed by atoms with Gasteiger partial charge in [0.15, 0.2) is 0 Å². The minimum atomic E-state index is 0.0403.